The van der Waals surface area contributed by atoms with Crippen LogP contribution in [0.3, 0.4) is 0 Å². The van der Waals surface area contributed by atoms with E-state index in [1.807, 2.05) is 6.07 Å². The van der Waals surface area contributed by atoms with Gasteiger partial charge in [-0.15, -0.1) is 0 Å². The monoisotopic (exact) mass is 587 g/mol. The molecule has 0 unspecified atom stereocenters. The fraction of sp³-hybridized carbons (Fsp3) is 0.448. The van der Waals surface area contributed by atoms with Crippen LogP contribution in [-0.4, -0.2) is 60.3 Å². The number of rotatable bonds is 10. The third kappa shape index (κ3) is 6.27. The molecule has 0 aliphatic carbocycles. The Bertz CT molecular complexity index is 1400. The van der Waals surface area contributed by atoms with Crippen LogP contribution in [0.25, 0.3) is 22.2 Å². The van der Waals surface area contributed by atoms with Gasteiger partial charge in [0.1, 0.15) is 17.0 Å². The van der Waals surface area contributed by atoms with Crippen LogP contribution in [0.2, 0.25) is 10.0 Å². The molecule has 0 amide bonds. The minimum Gasteiger partial charge on any atom is -0.495 e. The van der Waals surface area contributed by atoms with Crippen LogP contribution in [0, 0.1) is 11.3 Å². The van der Waals surface area contributed by atoms with Crippen LogP contribution in [-0.2, 0) is 9.53 Å². The minimum absolute atomic E-state index is 0.00358. The molecule has 0 spiro atoms. The molecule has 2 aromatic heterocycles. The third-order valence-corrected chi connectivity index (χ3v) is 8.00. The number of methoxy groups -OCH3 is 2. The molecule has 1 aliphatic rings. The molecule has 40 heavy (non-hydrogen) atoms. The highest BCUT2D eigenvalue weighted by atomic mass is 35.5. The number of hydrogen-bond acceptors (Lipinski definition) is 9. The first-order valence-electron chi connectivity index (χ1n) is 13.0. The Hall–Kier alpha value is -3.14. The summed E-state index contributed by atoms with van der Waals surface area (Å²) >= 11 is 13.5. The van der Waals surface area contributed by atoms with Crippen LogP contribution in [0.15, 0.2) is 31.0 Å². The standard InChI is InChI=1S/C29H35Cl2N5O4/c1-8-18(37)9-17-13-40-14-20(17)35-28-32-12-16-10-19(23-24(30)21(38-6)11-22(39-7)25(23)31)34-27(26(16)36-28)33-15(2)29(3,4)5/h8,10-12,15,17,20H,1,9,13-14H2,2-7H3,(H,33,34)(H,32,35,36)/t15-,17+,20-/m1/s1. The quantitative estimate of drug-likeness (QED) is 0.259. The largest absolute Gasteiger partial charge is 0.495 e. The molecular formula is C29H35Cl2N5O4. The molecule has 214 valence electrons. The number of carbonyl (C=O) groups excluding carboxylic acids is 1. The van der Waals surface area contributed by atoms with Gasteiger partial charge in [-0.05, 0) is 24.5 Å². The van der Waals surface area contributed by atoms with Gasteiger partial charge in [-0.3, -0.25) is 4.79 Å². The van der Waals surface area contributed by atoms with Crippen LogP contribution in [0.4, 0.5) is 11.8 Å². The molecule has 1 aromatic carbocycles. The number of anilines is 2. The number of nitrogens with zero attached hydrogens (tertiary/aromatic N) is 3. The van der Waals surface area contributed by atoms with E-state index in [0.29, 0.717) is 69.7 Å². The molecule has 1 aliphatic heterocycles. The fourth-order valence-corrected chi connectivity index (χ4v) is 5.03. The van der Waals surface area contributed by atoms with Gasteiger partial charge < -0.3 is 24.8 Å². The Morgan fingerprint density at radius 3 is 2.45 bits per heavy atom. The second-order valence-corrected chi connectivity index (χ2v) is 11.7. The van der Waals surface area contributed by atoms with Gasteiger partial charge in [0.15, 0.2) is 11.6 Å². The zero-order chi connectivity index (χ0) is 29.2. The number of carbonyl (C=O) groups is 1. The van der Waals surface area contributed by atoms with Gasteiger partial charge in [0.05, 0.1) is 49.2 Å². The van der Waals surface area contributed by atoms with Crippen LogP contribution in [0.1, 0.15) is 34.1 Å². The lowest BCUT2D eigenvalue weighted by Gasteiger charge is -2.29. The Balaban J connectivity index is 1.82. The van der Waals surface area contributed by atoms with Gasteiger partial charge >= 0.3 is 0 Å². The number of hydrogen-bond donors (Lipinski definition) is 2. The van der Waals surface area contributed by atoms with E-state index < -0.39 is 0 Å². The van der Waals surface area contributed by atoms with Gasteiger partial charge in [-0.1, -0.05) is 50.6 Å². The van der Waals surface area contributed by atoms with E-state index in [2.05, 4.69) is 49.9 Å². The summed E-state index contributed by atoms with van der Waals surface area (Å²) < 4.78 is 16.6. The van der Waals surface area contributed by atoms with Gasteiger partial charge in [-0.25, -0.2) is 15.0 Å². The molecule has 3 heterocycles. The van der Waals surface area contributed by atoms with Gasteiger partial charge in [-0.2, -0.15) is 0 Å². The maximum Gasteiger partial charge on any atom is 0.223 e. The molecule has 1 saturated heterocycles. The van der Waals surface area contributed by atoms with E-state index in [0.717, 1.165) is 5.39 Å². The van der Waals surface area contributed by atoms with E-state index in [4.69, 9.17) is 47.4 Å². The highest BCUT2D eigenvalue weighted by Crippen LogP contribution is 2.46. The van der Waals surface area contributed by atoms with Gasteiger partial charge in [0, 0.05) is 41.6 Å². The van der Waals surface area contributed by atoms with Crippen molar-refractivity contribution in [2.75, 3.05) is 38.1 Å². The predicted octanol–water partition coefficient (Wildman–Crippen LogP) is 6.43. The summed E-state index contributed by atoms with van der Waals surface area (Å²) in [5.74, 6) is 1.77. The molecule has 4 rings (SSSR count). The first-order chi connectivity index (χ1) is 19.0. The van der Waals surface area contributed by atoms with Crippen LogP contribution in [0.5, 0.6) is 11.5 Å². The third-order valence-electron chi connectivity index (χ3n) is 7.25. The average molecular weight is 589 g/mol. The van der Waals surface area contributed by atoms with Crippen molar-refractivity contribution >= 4 is 51.7 Å². The van der Waals surface area contributed by atoms with Crippen molar-refractivity contribution < 1.29 is 19.0 Å². The Morgan fingerprint density at radius 1 is 1.18 bits per heavy atom. The fourth-order valence-electron chi connectivity index (χ4n) is 4.34. The first kappa shape index (κ1) is 29.8. The molecule has 0 radical (unpaired) electrons. The lowest BCUT2D eigenvalue weighted by Crippen LogP contribution is -2.31. The van der Waals surface area contributed by atoms with Crippen molar-refractivity contribution in [1.82, 2.24) is 15.0 Å². The lowest BCUT2D eigenvalue weighted by molar-refractivity contribution is -0.115. The van der Waals surface area contributed by atoms with Gasteiger partial charge in [0.25, 0.3) is 0 Å². The summed E-state index contributed by atoms with van der Waals surface area (Å²) in [5, 5.41) is 8.25. The number of aromatic nitrogens is 3. The Kier molecular flexibility index (Phi) is 9.07. The van der Waals surface area contributed by atoms with Crippen molar-refractivity contribution in [2.45, 2.75) is 46.2 Å². The molecule has 11 heteroatoms. The lowest BCUT2D eigenvalue weighted by atomic mass is 9.88. The zero-order valence-electron chi connectivity index (χ0n) is 23.6. The van der Waals surface area contributed by atoms with E-state index in [1.54, 1.807) is 12.3 Å². The number of pyridine rings is 1. The first-order valence-corrected chi connectivity index (χ1v) is 13.8. The number of allylic oxidation sites excluding steroid dienone is 1. The second kappa shape index (κ2) is 12.2. The molecule has 3 aromatic rings. The molecule has 9 nitrogen and oxygen atoms in total. The minimum atomic E-state index is -0.111. The van der Waals surface area contributed by atoms with E-state index >= 15 is 0 Å². The molecule has 2 N–H and O–H groups in total. The molecule has 1 fully saturated rings. The van der Waals surface area contributed by atoms with Gasteiger partial charge in [0.2, 0.25) is 5.95 Å². The zero-order valence-corrected chi connectivity index (χ0v) is 25.1. The summed E-state index contributed by atoms with van der Waals surface area (Å²) in [4.78, 5) is 26.3. The normalized spacial score (nSPS) is 17.9. The van der Waals surface area contributed by atoms with Crippen LogP contribution >= 0.6 is 23.2 Å². The molecular weight excluding hydrogens is 553 g/mol. The van der Waals surface area contributed by atoms with E-state index in [9.17, 15) is 4.79 Å². The number of benzene rings is 1. The summed E-state index contributed by atoms with van der Waals surface area (Å²) in [5.41, 5.74) is 1.54. The van der Waals surface area contributed by atoms with Crippen molar-refractivity contribution in [3.8, 4) is 22.8 Å². The number of halogens is 2. The predicted molar refractivity (Wildman–Crippen MR) is 160 cm³/mol. The summed E-state index contributed by atoms with van der Waals surface area (Å²) in [6, 6.07) is 3.40. The maximum atomic E-state index is 12.0. The molecule has 0 bridgehead atoms. The van der Waals surface area contributed by atoms with E-state index in [-0.39, 0.29) is 29.2 Å². The molecule has 0 saturated carbocycles. The second-order valence-electron chi connectivity index (χ2n) is 10.9. The molecule has 3 atom stereocenters. The SMILES string of the molecule is C=CC(=O)C[C@H]1COC[C@H]1Nc1ncc2cc(-c3c(Cl)c(OC)cc(OC)c3Cl)nc(N[C@H](C)C(C)(C)C)c2n1. The Labute approximate surface area is 244 Å². The number of nitrogens with one attached hydrogen (secondary N) is 2. The Morgan fingerprint density at radius 2 is 1.85 bits per heavy atom. The van der Waals surface area contributed by atoms with Crippen molar-refractivity contribution in [1.29, 1.82) is 0 Å². The summed E-state index contributed by atoms with van der Waals surface area (Å²) in [7, 11) is 3.06. The highest BCUT2D eigenvalue weighted by Gasteiger charge is 2.30. The summed E-state index contributed by atoms with van der Waals surface area (Å²) in [6.45, 7) is 13.0. The maximum absolute atomic E-state index is 12.0. The topological polar surface area (TPSA) is 107 Å². The van der Waals surface area contributed by atoms with E-state index in [1.165, 1.54) is 20.3 Å². The smallest absolute Gasteiger partial charge is 0.223 e. The van der Waals surface area contributed by atoms with Crippen molar-refractivity contribution in [3.05, 3.63) is 41.0 Å². The summed E-state index contributed by atoms with van der Waals surface area (Å²) in [6.07, 6.45) is 3.42. The van der Waals surface area contributed by atoms with Crippen molar-refractivity contribution in [2.24, 2.45) is 11.3 Å². The average Bonchev–Trinajstić information content (AvgIpc) is 3.34. The number of fused-ring (bicyclic) bond motifs is 1. The van der Waals surface area contributed by atoms with Crippen molar-refractivity contribution in [3.63, 3.8) is 0 Å². The number of ether oxygens (including phenoxy) is 3. The number of ketones is 1. The van der Waals surface area contributed by atoms with Crippen LogP contribution < -0.4 is 20.1 Å². The highest BCUT2D eigenvalue weighted by molar-refractivity contribution is 6.41.